The normalized spacial score (nSPS) is 9.24. The first-order chi connectivity index (χ1) is 8.11. The first-order valence-corrected chi connectivity index (χ1v) is 5.93. The zero-order valence-corrected chi connectivity index (χ0v) is 10.2. The van der Waals surface area contributed by atoms with Gasteiger partial charge in [-0.25, -0.2) is 0 Å². The number of hydrogen-bond acceptors (Lipinski definition) is 4. The van der Waals surface area contributed by atoms with Crippen molar-refractivity contribution in [2.75, 3.05) is 6.61 Å². The molecule has 0 aliphatic carbocycles. The maximum Gasteiger partial charge on any atom is 0.317 e. The minimum atomic E-state index is -0.863. The number of carbonyl (C=O) groups is 2. The predicted molar refractivity (Wildman–Crippen MR) is 63.8 cm³/mol. The molecule has 0 spiro atoms. The molecule has 0 atom stereocenters. The monoisotopic (exact) mass is 252 g/mol. The van der Waals surface area contributed by atoms with Gasteiger partial charge in [0.1, 0.15) is 6.42 Å². The van der Waals surface area contributed by atoms with Gasteiger partial charge in [0.2, 0.25) is 0 Å². The molecular formula is C12H12O4S. The average molecular weight is 252 g/mol. The van der Waals surface area contributed by atoms with Gasteiger partial charge in [0, 0.05) is 15.8 Å². The van der Waals surface area contributed by atoms with Crippen molar-refractivity contribution in [3.63, 3.8) is 0 Å². The molecule has 0 saturated heterocycles. The third-order valence-corrected chi connectivity index (χ3v) is 2.69. The second-order valence-corrected chi connectivity index (χ2v) is 4.15. The molecule has 0 fully saturated rings. The topological polar surface area (TPSA) is 63.6 Å². The van der Waals surface area contributed by atoms with Gasteiger partial charge in [-0.15, -0.1) is 11.3 Å². The lowest BCUT2D eigenvalue weighted by Gasteiger charge is -1.94. The van der Waals surface area contributed by atoms with Gasteiger partial charge in [-0.1, -0.05) is 11.8 Å². The smallest absolute Gasteiger partial charge is 0.317 e. The number of aliphatic carboxylic acids is 1. The van der Waals surface area contributed by atoms with Crippen molar-refractivity contribution >= 4 is 23.3 Å². The van der Waals surface area contributed by atoms with E-state index < -0.39 is 5.97 Å². The Kier molecular flexibility index (Phi) is 5.24. The summed E-state index contributed by atoms with van der Waals surface area (Å²) < 4.78 is 4.72. The van der Waals surface area contributed by atoms with E-state index in [9.17, 15) is 9.59 Å². The van der Waals surface area contributed by atoms with E-state index in [1.807, 2.05) is 0 Å². The minimum Gasteiger partial charge on any atom is -0.481 e. The Morgan fingerprint density at radius 2 is 2.29 bits per heavy atom. The largest absolute Gasteiger partial charge is 0.481 e. The molecule has 0 unspecified atom stereocenters. The van der Waals surface area contributed by atoms with Crippen molar-refractivity contribution in [1.82, 2.24) is 0 Å². The maximum absolute atomic E-state index is 11.0. The quantitative estimate of drug-likeness (QED) is 0.654. The summed E-state index contributed by atoms with van der Waals surface area (Å²) in [6.07, 6.45) is 0.0577. The molecule has 1 rings (SSSR count). The highest BCUT2D eigenvalue weighted by molar-refractivity contribution is 7.10. The molecule has 0 bridgehead atoms. The van der Waals surface area contributed by atoms with Crippen LogP contribution in [0.15, 0.2) is 11.4 Å². The zero-order valence-electron chi connectivity index (χ0n) is 9.36. The van der Waals surface area contributed by atoms with E-state index in [1.165, 1.54) is 11.3 Å². The number of thiophene rings is 1. The fraction of sp³-hybridized carbons (Fsp3) is 0.333. The van der Waals surface area contributed by atoms with E-state index in [2.05, 4.69) is 11.8 Å². The van der Waals surface area contributed by atoms with Crippen molar-refractivity contribution in [3.05, 3.63) is 21.9 Å². The van der Waals surface area contributed by atoms with Gasteiger partial charge in [-0.2, -0.15) is 0 Å². The Balaban J connectivity index is 2.51. The summed E-state index contributed by atoms with van der Waals surface area (Å²) in [4.78, 5) is 22.2. The first-order valence-electron chi connectivity index (χ1n) is 5.05. The first kappa shape index (κ1) is 13.3. The van der Waals surface area contributed by atoms with Crippen LogP contribution in [0.3, 0.4) is 0 Å². The van der Waals surface area contributed by atoms with Crippen LogP contribution >= 0.6 is 11.3 Å². The summed E-state index contributed by atoms with van der Waals surface area (Å²) in [7, 11) is 0. The molecule has 0 radical (unpaired) electrons. The third-order valence-electron chi connectivity index (χ3n) is 1.75. The SMILES string of the molecule is CCOC(=O)CC#Cc1csc(CC(=O)O)c1. The van der Waals surface area contributed by atoms with Crippen LogP contribution in [0.5, 0.6) is 0 Å². The van der Waals surface area contributed by atoms with Crippen molar-refractivity contribution < 1.29 is 19.4 Å². The van der Waals surface area contributed by atoms with E-state index in [4.69, 9.17) is 9.84 Å². The fourth-order valence-corrected chi connectivity index (χ4v) is 1.93. The fourth-order valence-electron chi connectivity index (χ4n) is 1.12. The molecule has 0 amide bonds. The molecule has 0 aromatic carbocycles. The van der Waals surface area contributed by atoms with E-state index in [1.54, 1.807) is 18.4 Å². The number of carbonyl (C=O) groups excluding carboxylic acids is 1. The third kappa shape index (κ3) is 5.18. The molecule has 1 aromatic rings. The minimum absolute atomic E-state index is 0.00419. The lowest BCUT2D eigenvalue weighted by atomic mass is 10.2. The molecule has 0 saturated carbocycles. The molecule has 0 aliphatic heterocycles. The molecular weight excluding hydrogens is 240 g/mol. The van der Waals surface area contributed by atoms with Gasteiger partial charge in [0.25, 0.3) is 0 Å². The number of hydrogen-bond donors (Lipinski definition) is 1. The summed E-state index contributed by atoms with van der Waals surface area (Å²) in [5, 5.41) is 10.4. The van der Waals surface area contributed by atoms with Crippen molar-refractivity contribution in [3.8, 4) is 11.8 Å². The van der Waals surface area contributed by atoms with Crippen LogP contribution in [0.4, 0.5) is 0 Å². The van der Waals surface area contributed by atoms with Crippen molar-refractivity contribution in [2.24, 2.45) is 0 Å². The second-order valence-electron chi connectivity index (χ2n) is 3.16. The summed E-state index contributed by atoms with van der Waals surface area (Å²) >= 11 is 1.35. The number of esters is 1. The van der Waals surface area contributed by atoms with Crippen LogP contribution in [0.25, 0.3) is 0 Å². The standard InChI is InChI=1S/C12H12O4S/c1-2-16-12(15)5-3-4-9-6-10(17-8-9)7-11(13)14/h6,8H,2,5,7H2,1H3,(H,13,14). The highest BCUT2D eigenvalue weighted by atomic mass is 32.1. The highest BCUT2D eigenvalue weighted by Crippen LogP contribution is 2.14. The Bertz CT molecular complexity index is 464. The Morgan fingerprint density at radius 3 is 2.94 bits per heavy atom. The number of ether oxygens (including phenoxy) is 1. The molecule has 17 heavy (non-hydrogen) atoms. The summed E-state index contributed by atoms with van der Waals surface area (Å²) in [5.41, 5.74) is 0.732. The Morgan fingerprint density at radius 1 is 1.53 bits per heavy atom. The lowest BCUT2D eigenvalue weighted by molar-refractivity contribution is -0.142. The molecule has 1 N–H and O–H groups in total. The van der Waals surface area contributed by atoms with Crippen LogP contribution in [0, 0.1) is 11.8 Å². The maximum atomic E-state index is 11.0. The van der Waals surface area contributed by atoms with Crippen molar-refractivity contribution in [2.45, 2.75) is 19.8 Å². The van der Waals surface area contributed by atoms with Gasteiger partial charge in [-0.3, -0.25) is 9.59 Å². The number of carboxylic acid groups (broad SMARTS) is 1. The van der Waals surface area contributed by atoms with Crippen LogP contribution in [-0.2, 0) is 20.7 Å². The zero-order chi connectivity index (χ0) is 12.7. The van der Waals surface area contributed by atoms with E-state index >= 15 is 0 Å². The number of rotatable bonds is 4. The van der Waals surface area contributed by atoms with Gasteiger partial charge in [-0.05, 0) is 13.0 Å². The summed E-state index contributed by atoms with van der Waals surface area (Å²) in [6.45, 7) is 2.09. The van der Waals surface area contributed by atoms with E-state index in [0.717, 1.165) is 10.4 Å². The van der Waals surface area contributed by atoms with Gasteiger partial charge in [0.05, 0.1) is 13.0 Å². The second kappa shape index (κ2) is 6.71. The molecule has 5 heteroatoms. The molecule has 0 aliphatic rings. The van der Waals surface area contributed by atoms with E-state index in [-0.39, 0.29) is 18.8 Å². The molecule has 4 nitrogen and oxygen atoms in total. The predicted octanol–water partition coefficient (Wildman–Crippen LogP) is 1.68. The Labute approximate surface area is 103 Å². The van der Waals surface area contributed by atoms with Gasteiger partial charge < -0.3 is 9.84 Å². The van der Waals surface area contributed by atoms with Gasteiger partial charge in [0.15, 0.2) is 0 Å². The van der Waals surface area contributed by atoms with Crippen LogP contribution < -0.4 is 0 Å². The van der Waals surface area contributed by atoms with Crippen molar-refractivity contribution in [1.29, 1.82) is 0 Å². The molecule has 1 aromatic heterocycles. The van der Waals surface area contributed by atoms with Gasteiger partial charge >= 0.3 is 11.9 Å². The van der Waals surface area contributed by atoms with Crippen LogP contribution in [-0.4, -0.2) is 23.7 Å². The van der Waals surface area contributed by atoms with Crippen LogP contribution in [0.2, 0.25) is 0 Å². The van der Waals surface area contributed by atoms with E-state index in [0.29, 0.717) is 6.61 Å². The highest BCUT2D eigenvalue weighted by Gasteiger charge is 2.03. The lowest BCUT2D eigenvalue weighted by Crippen LogP contribution is -2.01. The summed E-state index contributed by atoms with van der Waals surface area (Å²) in [5.74, 6) is 4.27. The summed E-state index contributed by atoms with van der Waals surface area (Å²) in [6, 6.07) is 1.72. The average Bonchev–Trinajstić information content (AvgIpc) is 2.65. The van der Waals surface area contributed by atoms with Crippen LogP contribution in [0.1, 0.15) is 23.8 Å². The molecule has 90 valence electrons. The number of carboxylic acids is 1. The Hall–Kier alpha value is -1.80. The molecule has 1 heterocycles.